The smallest absolute Gasteiger partial charge is 0.00277 e. The Bertz CT molecular complexity index is 82.6. The molecular weight excluding hydrogens is 110 g/mol. The zero-order chi connectivity index (χ0) is 7.70. The summed E-state index contributed by atoms with van der Waals surface area (Å²) in [5.74, 6) is 0. The highest BCUT2D eigenvalue weighted by Gasteiger charge is 1.66. The van der Waals surface area contributed by atoms with Crippen molar-refractivity contribution in [2.45, 2.75) is 20.8 Å². The van der Waals surface area contributed by atoms with E-state index in [2.05, 4.69) is 11.9 Å². The highest BCUT2D eigenvalue weighted by Crippen LogP contribution is 1.84. The van der Waals surface area contributed by atoms with E-state index in [1.807, 2.05) is 40.1 Å². The molecule has 9 heavy (non-hydrogen) atoms. The predicted octanol–water partition coefficient (Wildman–Crippen LogP) is 2.32. The van der Waals surface area contributed by atoms with Crippen molar-refractivity contribution in [1.29, 1.82) is 0 Å². The fraction of sp³-hybridized carbons (Fsp3) is 0.500. The second kappa shape index (κ2) is 10.3. The van der Waals surface area contributed by atoms with Crippen LogP contribution in [0, 0.1) is 0 Å². The third-order valence-electron chi connectivity index (χ3n) is 0.535. The van der Waals surface area contributed by atoms with Crippen LogP contribution < -0.4 is 5.32 Å². The van der Waals surface area contributed by atoms with E-state index in [9.17, 15) is 0 Å². The molecule has 0 aliphatic rings. The summed E-state index contributed by atoms with van der Waals surface area (Å²) in [6.07, 6.45) is 3.77. The van der Waals surface area contributed by atoms with Gasteiger partial charge in [0.1, 0.15) is 0 Å². The molecule has 1 nitrogen and oxygen atoms in total. The molecule has 0 rings (SSSR count). The Morgan fingerprint density at radius 3 is 2.00 bits per heavy atom. The van der Waals surface area contributed by atoms with Crippen LogP contribution in [0.4, 0.5) is 0 Å². The highest BCUT2D eigenvalue weighted by atomic mass is 14.8. The summed E-state index contributed by atoms with van der Waals surface area (Å²) >= 11 is 0. The second-order valence-corrected chi connectivity index (χ2v) is 1.47. The second-order valence-electron chi connectivity index (χ2n) is 1.47. The van der Waals surface area contributed by atoms with Gasteiger partial charge in [0.05, 0.1) is 0 Å². The lowest BCUT2D eigenvalue weighted by Crippen LogP contribution is -1.90. The van der Waals surface area contributed by atoms with Crippen LogP contribution in [0.1, 0.15) is 20.8 Å². The molecule has 0 aliphatic carbocycles. The molecule has 0 aromatic carbocycles. The molecule has 0 unspecified atom stereocenters. The summed E-state index contributed by atoms with van der Waals surface area (Å²) < 4.78 is 0. The normalized spacial score (nSPS) is 8.00. The van der Waals surface area contributed by atoms with Crippen molar-refractivity contribution < 1.29 is 0 Å². The topological polar surface area (TPSA) is 12.0 Å². The Kier molecular flexibility index (Phi) is 12.7. The van der Waals surface area contributed by atoms with Gasteiger partial charge in [0.15, 0.2) is 0 Å². The van der Waals surface area contributed by atoms with Crippen molar-refractivity contribution in [1.82, 2.24) is 5.32 Å². The van der Waals surface area contributed by atoms with Gasteiger partial charge >= 0.3 is 0 Å². The third kappa shape index (κ3) is 18.9. The van der Waals surface area contributed by atoms with Crippen LogP contribution in [0.5, 0.6) is 0 Å². The lowest BCUT2D eigenvalue weighted by Gasteiger charge is -1.83. The maximum atomic E-state index is 3.67. The average Bonchev–Trinajstić information content (AvgIpc) is 1.88. The van der Waals surface area contributed by atoms with Gasteiger partial charge in [-0.2, -0.15) is 0 Å². The molecule has 0 bridgehead atoms. The van der Waals surface area contributed by atoms with Crippen LogP contribution in [0.2, 0.25) is 0 Å². The van der Waals surface area contributed by atoms with E-state index in [0.717, 1.165) is 5.57 Å². The summed E-state index contributed by atoms with van der Waals surface area (Å²) in [4.78, 5) is 0. The molecule has 0 saturated carbocycles. The van der Waals surface area contributed by atoms with Gasteiger partial charge in [-0.05, 0) is 19.2 Å². The largest absolute Gasteiger partial charge is 0.394 e. The fourth-order valence-corrected chi connectivity index (χ4v) is 0.226. The van der Waals surface area contributed by atoms with Gasteiger partial charge in [0.25, 0.3) is 0 Å². The Morgan fingerprint density at radius 2 is 1.89 bits per heavy atom. The molecule has 0 aromatic heterocycles. The number of nitrogens with one attached hydrogen (secondary N) is 1. The zero-order valence-electron chi connectivity index (χ0n) is 6.86. The van der Waals surface area contributed by atoms with E-state index in [4.69, 9.17) is 0 Å². The number of hydrogen-bond donors (Lipinski definition) is 1. The highest BCUT2D eigenvalue weighted by molar-refractivity contribution is 5.09. The summed E-state index contributed by atoms with van der Waals surface area (Å²) in [7, 11) is 1.86. The quantitative estimate of drug-likeness (QED) is 0.561. The molecule has 0 amide bonds. The van der Waals surface area contributed by atoms with E-state index in [0.29, 0.717) is 0 Å². The van der Waals surface area contributed by atoms with Crippen LogP contribution in [-0.2, 0) is 0 Å². The summed E-state index contributed by atoms with van der Waals surface area (Å²) in [6.45, 7) is 9.62. The van der Waals surface area contributed by atoms with Gasteiger partial charge in [0, 0.05) is 7.05 Å². The van der Waals surface area contributed by atoms with Gasteiger partial charge < -0.3 is 5.32 Å². The monoisotopic (exact) mass is 127 g/mol. The third-order valence-corrected chi connectivity index (χ3v) is 0.535. The Labute approximate surface area is 58.5 Å². The van der Waals surface area contributed by atoms with Crippen LogP contribution in [-0.4, -0.2) is 7.05 Å². The molecule has 1 heteroatoms. The van der Waals surface area contributed by atoms with Crippen LogP contribution in [0.15, 0.2) is 24.4 Å². The zero-order valence-corrected chi connectivity index (χ0v) is 6.86. The fourth-order valence-electron chi connectivity index (χ4n) is 0.226. The molecule has 0 atom stereocenters. The summed E-state index contributed by atoms with van der Waals surface area (Å²) in [5.41, 5.74) is 1.06. The number of rotatable bonds is 2. The maximum absolute atomic E-state index is 3.67. The SMILES string of the molecule is C=C(C)/C=C\NC.CC. The van der Waals surface area contributed by atoms with E-state index in [1.165, 1.54) is 0 Å². The van der Waals surface area contributed by atoms with Crippen molar-refractivity contribution in [3.63, 3.8) is 0 Å². The van der Waals surface area contributed by atoms with E-state index >= 15 is 0 Å². The van der Waals surface area contributed by atoms with E-state index in [1.54, 1.807) is 0 Å². The van der Waals surface area contributed by atoms with Crippen molar-refractivity contribution in [3.05, 3.63) is 24.4 Å². The van der Waals surface area contributed by atoms with E-state index in [-0.39, 0.29) is 0 Å². The first kappa shape index (κ1) is 11.1. The average molecular weight is 127 g/mol. The van der Waals surface area contributed by atoms with Gasteiger partial charge in [0.2, 0.25) is 0 Å². The summed E-state index contributed by atoms with van der Waals surface area (Å²) in [6, 6.07) is 0. The van der Waals surface area contributed by atoms with Crippen molar-refractivity contribution >= 4 is 0 Å². The van der Waals surface area contributed by atoms with Gasteiger partial charge in [-0.1, -0.05) is 26.0 Å². The van der Waals surface area contributed by atoms with Gasteiger partial charge in [-0.3, -0.25) is 0 Å². The molecule has 54 valence electrons. The van der Waals surface area contributed by atoms with Crippen LogP contribution in [0.25, 0.3) is 0 Å². The predicted molar refractivity (Wildman–Crippen MR) is 44.4 cm³/mol. The molecule has 0 saturated heterocycles. The first-order valence-electron chi connectivity index (χ1n) is 3.26. The maximum Gasteiger partial charge on any atom is 0.00277 e. The molecular formula is C8H17N. The molecule has 0 aliphatic heterocycles. The molecule has 0 aromatic rings. The first-order chi connectivity index (χ1) is 4.27. The Morgan fingerprint density at radius 1 is 1.44 bits per heavy atom. The molecule has 0 heterocycles. The van der Waals surface area contributed by atoms with Crippen molar-refractivity contribution in [3.8, 4) is 0 Å². The first-order valence-corrected chi connectivity index (χ1v) is 3.26. The van der Waals surface area contributed by atoms with Gasteiger partial charge in [-0.15, -0.1) is 0 Å². The standard InChI is InChI=1S/C6H11N.C2H6/c1-6(2)4-5-7-3;1-2/h4-5,7H,1H2,2-3H3;1-2H3/b5-4-;. The molecule has 1 N–H and O–H groups in total. The Balaban J connectivity index is 0. The van der Waals surface area contributed by atoms with Crippen LogP contribution >= 0.6 is 0 Å². The van der Waals surface area contributed by atoms with Crippen LogP contribution in [0.3, 0.4) is 0 Å². The Hall–Kier alpha value is -0.720. The minimum absolute atomic E-state index is 1.06. The number of hydrogen-bond acceptors (Lipinski definition) is 1. The number of allylic oxidation sites excluding steroid dienone is 2. The van der Waals surface area contributed by atoms with Crippen molar-refractivity contribution in [2.24, 2.45) is 0 Å². The minimum Gasteiger partial charge on any atom is -0.394 e. The minimum atomic E-state index is 1.06. The summed E-state index contributed by atoms with van der Waals surface area (Å²) in [5, 5.41) is 2.86. The van der Waals surface area contributed by atoms with Crippen molar-refractivity contribution in [2.75, 3.05) is 7.05 Å². The van der Waals surface area contributed by atoms with Gasteiger partial charge in [-0.25, -0.2) is 0 Å². The lowest BCUT2D eigenvalue weighted by molar-refractivity contribution is 1.10. The lowest BCUT2D eigenvalue weighted by atomic mass is 10.3. The molecule has 0 fully saturated rings. The molecule has 0 radical (unpaired) electrons. The van der Waals surface area contributed by atoms with E-state index < -0.39 is 0 Å². The molecule has 0 spiro atoms.